The van der Waals surface area contributed by atoms with Gasteiger partial charge in [0.05, 0.1) is 12.7 Å². The Bertz CT molecular complexity index is 398. The fraction of sp³-hybridized carbons (Fsp3) is 0.250. The lowest BCUT2D eigenvalue weighted by Gasteiger charge is -2.08. The Morgan fingerprint density at radius 2 is 2.20 bits per heavy atom. The second-order valence-electron chi connectivity index (χ2n) is 2.49. The highest BCUT2D eigenvalue weighted by Gasteiger charge is 2.22. The van der Waals surface area contributed by atoms with E-state index < -0.39 is 22.9 Å². The number of rotatable bonds is 3. The molecule has 1 aromatic rings. The van der Waals surface area contributed by atoms with Crippen molar-refractivity contribution < 1.29 is 18.3 Å². The van der Waals surface area contributed by atoms with Crippen molar-refractivity contribution in [3.05, 3.63) is 22.3 Å². The molecule has 82 valence electrons. The van der Waals surface area contributed by atoms with E-state index in [2.05, 4.69) is 9.72 Å². The average Bonchev–Trinajstić information content (AvgIpc) is 2.16. The van der Waals surface area contributed by atoms with Crippen molar-refractivity contribution in [3.8, 4) is 5.88 Å². The maximum atomic E-state index is 12.5. The largest absolute Gasteiger partial charge is 0.480 e. The van der Waals surface area contributed by atoms with Crippen molar-refractivity contribution in [1.29, 1.82) is 0 Å². The van der Waals surface area contributed by atoms with E-state index in [1.807, 2.05) is 0 Å². The summed E-state index contributed by atoms with van der Waals surface area (Å²) >= 11 is 10.7. The fourth-order valence-corrected chi connectivity index (χ4v) is 1.33. The highest BCUT2D eigenvalue weighted by atomic mass is 35.5. The number of pyridine rings is 1. The summed E-state index contributed by atoms with van der Waals surface area (Å²) in [5.41, 5.74) is -1.16. The van der Waals surface area contributed by atoms with Crippen LogP contribution in [0.2, 0.25) is 5.02 Å². The second kappa shape index (κ2) is 4.72. The van der Waals surface area contributed by atoms with Gasteiger partial charge >= 0.3 is 0 Å². The summed E-state index contributed by atoms with van der Waals surface area (Å²) in [5.74, 6) is -0.173. The van der Waals surface area contributed by atoms with E-state index in [0.717, 1.165) is 6.07 Å². The first kappa shape index (κ1) is 12.1. The maximum absolute atomic E-state index is 12.5. The van der Waals surface area contributed by atoms with Gasteiger partial charge in [-0.3, -0.25) is 4.79 Å². The lowest BCUT2D eigenvalue weighted by molar-refractivity contribution is 0.106. The number of hydrogen-bond acceptors (Lipinski definition) is 3. The van der Waals surface area contributed by atoms with Crippen LogP contribution in [0.1, 0.15) is 22.5 Å². The van der Waals surface area contributed by atoms with Gasteiger partial charge in [0.25, 0.3) is 11.7 Å². The Balaban J connectivity index is 3.38. The molecule has 0 aromatic carbocycles. The molecule has 0 saturated heterocycles. The standard InChI is InChI=1S/C8H5Cl2F2NO2/c1-15-8-4(9)2-3(6(10)14)5(13-8)7(11)12/h2,7H,1H3. The van der Waals surface area contributed by atoms with E-state index in [-0.39, 0.29) is 10.9 Å². The van der Waals surface area contributed by atoms with Crippen molar-refractivity contribution in [1.82, 2.24) is 4.98 Å². The number of hydrogen-bond donors (Lipinski definition) is 0. The number of nitrogens with zero attached hydrogens (tertiary/aromatic N) is 1. The summed E-state index contributed by atoms with van der Waals surface area (Å²) in [5, 5.41) is -1.09. The minimum atomic E-state index is -2.92. The Morgan fingerprint density at radius 1 is 1.60 bits per heavy atom. The molecular weight excluding hydrogens is 251 g/mol. The quantitative estimate of drug-likeness (QED) is 0.780. The molecule has 3 nitrogen and oxygen atoms in total. The smallest absolute Gasteiger partial charge is 0.281 e. The van der Waals surface area contributed by atoms with Gasteiger partial charge in [-0.2, -0.15) is 0 Å². The van der Waals surface area contributed by atoms with E-state index in [1.54, 1.807) is 0 Å². The summed E-state index contributed by atoms with van der Waals surface area (Å²) < 4.78 is 29.6. The predicted molar refractivity (Wildman–Crippen MR) is 50.9 cm³/mol. The molecule has 0 aliphatic carbocycles. The van der Waals surface area contributed by atoms with Crippen LogP contribution in [0.4, 0.5) is 8.78 Å². The third-order valence-electron chi connectivity index (χ3n) is 1.59. The molecule has 7 heteroatoms. The van der Waals surface area contributed by atoms with Crippen molar-refractivity contribution in [2.75, 3.05) is 7.11 Å². The molecule has 0 aliphatic rings. The Morgan fingerprint density at radius 3 is 2.60 bits per heavy atom. The fourth-order valence-electron chi connectivity index (χ4n) is 0.952. The zero-order chi connectivity index (χ0) is 11.6. The van der Waals surface area contributed by atoms with Crippen LogP contribution in [-0.4, -0.2) is 17.3 Å². The molecule has 15 heavy (non-hydrogen) atoms. The van der Waals surface area contributed by atoms with Crippen LogP contribution in [0, 0.1) is 0 Å². The Hall–Kier alpha value is -0.940. The first-order valence-electron chi connectivity index (χ1n) is 3.69. The number of halogens is 4. The van der Waals surface area contributed by atoms with Gasteiger partial charge in [0, 0.05) is 0 Å². The Labute approximate surface area is 94.0 Å². The molecule has 0 radical (unpaired) electrons. The summed E-state index contributed by atoms with van der Waals surface area (Å²) in [6.07, 6.45) is -2.92. The van der Waals surface area contributed by atoms with Gasteiger partial charge in [-0.05, 0) is 17.7 Å². The first-order valence-corrected chi connectivity index (χ1v) is 4.45. The maximum Gasteiger partial charge on any atom is 0.281 e. The second-order valence-corrected chi connectivity index (χ2v) is 3.24. The van der Waals surface area contributed by atoms with Crippen LogP contribution in [-0.2, 0) is 0 Å². The van der Waals surface area contributed by atoms with Crippen molar-refractivity contribution in [2.24, 2.45) is 0 Å². The zero-order valence-corrected chi connectivity index (χ0v) is 8.94. The topological polar surface area (TPSA) is 39.2 Å². The molecule has 0 saturated carbocycles. The van der Waals surface area contributed by atoms with Gasteiger partial charge in [-0.25, -0.2) is 13.8 Å². The van der Waals surface area contributed by atoms with Gasteiger partial charge in [0.1, 0.15) is 10.7 Å². The van der Waals surface area contributed by atoms with Crippen molar-refractivity contribution in [2.45, 2.75) is 6.43 Å². The minimum Gasteiger partial charge on any atom is -0.480 e. The third kappa shape index (κ3) is 2.54. The first-order chi connectivity index (χ1) is 6.97. The van der Waals surface area contributed by atoms with Gasteiger partial charge in [0.15, 0.2) is 0 Å². The average molecular weight is 256 g/mol. The molecule has 0 bridgehead atoms. The number of alkyl halides is 2. The van der Waals surface area contributed by atoms with Crippen LogP contribution in [0.5, 0.6) is 5.88 Å². The van der Waals surface area contributed by atoms with E-state index in [9.17, 15) is 13.6 Å². The van der Waals surface area contributed by atoms with Crippen LogP contribution in [0.15, 0.2) is 6.07 Å². The molecule has 0 amide bonds. The van der Waals surface area contributed by atoms with Crippen LogP contribution in [0.3, 0.4) is 0 Å². The number of carbonyl (C=O) groups excluding carboxylic acids is 1. The van der Waals surface area contributed by atoms with Gasteiger partial charge < -0.3 is 4.74 Å². The van der Waals surface area contributed by atoms with E-state index in [1.165, 1.54) is 7.11 Å². The molecule has 0 aliphatic heterocycles. The molecular formula is C8H5Cl2F2NO2. The van der Waals surface area contributed by atoms with Crippen LogP contribution >= 0.6 is 23.2 Å². The third-order valence-corrected chi connectivity index (χ3v) is 2.06. The highest BCUT2D eigenvalue weighted by molar-refractivity contribution is 6.68. The SMILES string of the molecule is COc1nc(C(F)F)c(C(=O)Cl)cc1Cl. The summed E-state index contributed by atoms with van der Waals surface area (Å²) in [6.45, 7) is 0. The van der Waals surface area contributed by atoms with E-state index in [0.29, 0.717) is 0 Å². The normalized spacial score (nSPS) is 10.5. The van der Waals surface area contributed by atoms with Crippen LogP contribution < -0.4 is 4.74 Å². The number of aromatic nitrogens is 1. The molecule has 0 atom stereocenters. The molecule has 1 heterocycles. The number of ether oxygens (including phenoxy) is 1. The lowest BCUT2D eigenvalue weighted by atomic mass is 10.2. The number of carbonyl (C=O) groups is 1. The van der Waals surface area contributed by atoms with Gasteiger partial charge in [-0.15, -0.1) is 0 Å². The molecule has 0 N–H and O–H groups in total. The monoisotopic (exact) mass is 255 g/mol. The van der Waals surface area contributed by atoms with Crippen molar-refractivity contribution >= 4 is 28.4 Å². The zero-order valence-electron chi connectivity index (χ0n) is 7.43. The molecule has 1 rings (SSSR count). The molecule has 0 unspecified atom stereocenters. The molecule has 0 fully saturated rings. The summed E-state index contributed by atoms with van der Waals surface area (Å²) in [4.78, 5) is 14.2. The highest BCUT2D eigenvalue weighted by Crippen LogP contribution is 2.30. The van der Waals surface area contributed by atoms with Crippen molar-refractivity contribution in [3.63, 3.8) is 0 Å². The van der Waals surface area contributed by atoms with Crippen LogP contribution in [0.25, 0.3) is 0 Å². The summed E-state index contributed by atoms with van der Waals surface area (Å²) in [6, 6.07) is 1.00. The molecule has 0 spiro atoms. The van der Waals surface area contributed by atoms with E-state index in [4.69, 9.17) is 23.2 Å². The van der Waals surface area contributed by atoms with E-state index >= 15 is 0 Å². The lowest BCUT2D eigenvalue weighted by Crippen LogP contribution is -2.03. The predicted octanol–water partition coefficient (Wildman–Crippen LogP) is 3.06. The summed E-state index contributed by atoms with van der Waals surface area (Å²) in [7, 11) is 1.23. The number of methoxy groups -OCH3 is 1. The van der Waals surface area contributed by atoms with Gasteiger partial charge in [0.2, 0.25) is 5.88 Å². The molecule has 1 aromatic heterocycles. The Kier molecular flexibility index (Phi) is 3.82. The van der Waals surface area contributed by atoms with Gasteiger partial charge in [-0.1, -0.05) is 11.6 Å². The minimum absolute atomic E-state index is 0.0501.